The van der Waals surface area contributed by atoms with E-state index in [0.717, 1.165) is 31.5 Å². The van der Waals surface area contributed by atoms with Crippen molar-refractivity contribution < 1.29 is 4.79 Å². The van der Waals surface area contributed by atoms with E-state index in [1.807, 2.05) is 6.07 Å². The van der Waals surface area contributed by atoms with Gasteiger partial charge in [-0.05, 0) is 25.3 Å². The maximum atomic E-state index is 12.2. The fourth-order valence-electron chi connectivity index (χ4n) is 2.32. The summed E-state index contributed by atoms with van der Waals surface area (Å²) in [7, 11) is 0. The first-order valence-corrected chi connectivity index (χ1v) is 6.80. The Hall–Kier alpha value is -1.58. The van der Waals surface area contributed by atoms with Gasteiger partial charge in [-0.2, -0.15) is 0 Å². The average Bonchev–Trinajstić information content (AvgIpc) is 2.89. The molecule has 0 aliphatic heterocycles. The minimum Gasteiger partial charge on any atom is -0.384 e. The number of carbonyl (C=O) groups excluding carboxylic acids is 1. The highest BCUT2D eigenvalue weighted by atomic mass is 16.1. The number of pyridine rings is 1. The van der Waals surface area contributed by atoms with E-state index in [1.165, 1.54) is 12.8 Å². The van der Waals surface area contributed by atoms with Crippen LogP contribution in [-0.2, 0) is 0 Å². The zero-order valence-corrected chi connectivity index (χ0v) is 10.9. The minimum atomic E-state index is -0.00592. The zero-order valence-electron chi connectivity index (χ0n) is 10.9. The van der Waals surface area contributed by atoms with Crippen LogP contribution in [0.5, 0.6) is 0 Å². The molecule has 1 aliphatic carbocycles. The summed E-state index contributed by atoms with van der Waals surface area (Å²) in [6.07, 6.45) is 9.03. The molecule has 1 amide bonds. The monoisotopic (exact) mass is 247 g/mol. The summed E-state index contributed by atoms with van der Waals surface area (Å²) in [5, 5.41) is 6.36. The van der Waals surface area contributed by atoms with Gasteiger partial charge in [0, 0.05) is 25.0 Å². The quantitative estimate of drug-likeness (QED) is 0.840. The molecular formula is C14H21N3O. The number of amides is 1. The number of nitrogens with zero attached hydrogens (tertiary/aromatic N) is 1. The second-order valence-corrected chi connectivity index (χ2v) is 4.80. The van der Waals surface area contributed by atoms with Crippen molar-refractivity contribution in [2.75, 3.05) is 11.9 Å². The molecule has 1 aliphatic rings. The first-order valence-electron chi connectivity index (χ1n) is 6.80. The molecule has 0 radical (unpaired) electrons. The van der Waals surface area contributed by atoms with Gasteiger partial charge in [0.1, 0.15) is 0 Å². The Kier molecular flexibility index (Phi) is 4.56. The standard InChI is InChI=1S/C14H21N3O/c1-2-8-16-13-7-9-15-10-12(13)14(18)17-11-5-3-4-6-11/h7,9-11H,2-6,8H2,1H3,(H,15,16)(H,17,18). The second kappa shape index (κ2) is 6.38. The van der Waals surface area contributed by atoms with Crippen LogP contribution in [0.25, 0.3) is 0 Å². The molecule has 1 heterocycles. The van der Waals surface area contributed by atoms with Crippen molar-refractivity contribution in [1.82, 2.24) is 10.3 Å². The number of hydrogen-bond donors (Lipinski definition) is 2. The van der Waals surface area contributed by atoms with Crippen LogP contribution in [0.1, 0.15) is 49.4 Å². The van der Waals surface area contributed by atoms with Crippen LogP contribution in [0.3, 0.4) is 0 Å². The SMILES string of the molecule is CCCNc1ccncc1C(=O)NC1CCCC1. The van der Waals surface area contributed by atoms with Gasteiger partial charge in [0.15, 0.2) is 0 Å². The fourth-order valence-corrected chi connectivity index (χ4v) is 2.32. The normalized spacial score (nSPS) is 15.6. The van der Waals surface area contributed by atoms with Crippen molar-refractivity contribution in [3.63, 3.8) is 0 Å². The molecule has 1 fully saturated rings. The van der Waals surface area contributed by atoms with E-state index in [1.54, 1.807) is 12.4 Å². The van der Waals surface area contributed by atoms with E-state index in [0.29, 0.717) is 11.6 Å². The first kappa shape index (κ1) is 12.9. The smallest absolute Gasteiger partial charge is 0.255 e. The Labute approximate surface area is 108 Å². The molecule has 0 unspecified atom stereocenters. The number of aromatic nitrogens is 1. The molecule has 18 heavy (non-hydrogen) atoms. The lowest BCUT2D eigenvalue weighted by molar-refractivity contribution is 0.0938. The lowest BCUT2D eigenvalue weighted by atomic mass is 10.2. The van der Waals surface area contributed by atoms with E-state index in [-0.39, 0.29) is 5.91 Å². The zero-order chi connectivity index (χ0) is 12.8. The number of anilines is 1. The molecular weight excluding hydrogens is 226 g/mol. The molecule has 0 spiro atoms. The second-order valence-electron chi connectivity index (χ2n) is 4.80. The number of hydrogen-bond acceptors (Lipinski definition) is 3. The van der Waals surface area contributed by atoms with Crippen LogP contribution in [0, 0.1) is 0 Å². The minimum absolute atomic E-state index is 0.00592. The molecule has 4 heteroatoms. The van der Waals surface area contributed by atoms with E-state index in [9.17, 15) is 4.79 Å². The summed E-state index contributed by atoms with van der Waals surface area (Å²) >= 11 is 0. The van der Waals surface area contributed by atoms with Crippen LogP contribution in [-0.4, -0.2) is 23.5 Å². The van der Waals surface area contributed by atoms with Crippen molar-refractivity contribution in [2.24, 2.45) is 0 Å². The highest BCUT2D eigenvalue weighted by molar-refractivity contribution is 5.99. The highest BCUT2D eigenvalue weighted by Gasteiger charge is 2.19. The van der Waals surface area contributed by atoms with Gasteiger partial charge in [0.2, 0.25) is 0 Å². The number of rotatable bonds is 5. The number of nitrogens with one attached hydrogen (secondary N) is 2. The van der Waals surface area contributed by atoms with E-state index in [4.69, 9.17) is 0 Å². The molecule has 2 N–H and O–H groups in total. The first-order chi connectivity index (χ1) is 8.81. The summed E-state index contributed by atoms with van der Waals surface area (Å²) in [5.41, 5.74) is 1.53. The molecule has 0 atom stereocenters. The summed E-state index contributed by atoms with van der Waals surface area (Å²) in [5.74, 6) is -0.00592. The third kappa shape index (κ3) is 3.22. The molecule has 0 saturated heterocycles. The Morgan fingerprint density at radius 2 is 2.22 bits per heavy atom. The van der Waals surface area contributed by atoms with Gasteiger partial charge in [-0.15, -0.1) is 0 Å². The van der Waals surface area contributed by atoms with Crippen molar-refractivity contribution in [1.29, 1.82) is 0 Å². The average molecular weight is 247 g/mol. The predicted octanol–water partition coefficient (Wildman–Crippen LogP) is 2.58. The molecule has 0 bridgehead atoms. The van der Waals surface area contributed by atoms with Crippen molar-refractivity contribution in [2.45, 2.75) is 45.1 Å². The Morgan fingerprint density at radius 1 is 1.44 bits per heavy atom. The summed E-state index contributed by atoms with van der Waals surface area (Å²) < 4.78 is 0. The van der Waals surface area contributed by atoms with Crippen molar-refractivity contribution >= 4 is 11.6 Å². The van der Waals surface area contributed by atoms with Crippen LogP contribution in [0.4, 0.5) is 5.69 Å². The highest BCUT2D eigenvalue weighted by Crippen LogP contribution is 2.19. The molecule has 0 aromatic carbocycles. The van der Waals surface area contributed by atoms with E-state index >= 15 is 0 Å². The fraction of sp³-hybridized carbons (Fsp3) is 0.571. The third-order valence-electron chi connectivity index (χ3n) is 3.32. The Morgan fingerprint density at radius 3 is 2.94 bits per heavy atom. The summed E-state index contributed by atoms with van der Waals surface area (Å²) in [4.78, 5) is 16.2. The Bertz CT molecular complexity index is 400. The van der Waals surface area contributed by atoms with Crippen LogP contribution >= 0.6 is 0 Å². The molecule has 4 nitrogen and oxygen atoms in total. The van der Waals surface area contributed by atoms with E-state index < -0.39 is 0 Å². The van der Waals surface area contributed by atoms with Crippen molar-refractivity contribution in [3.8, 4) is 0 Å². The molecule has 2 rings (SSSR count). The molecule has 1 saturated carbocycles. The van der Waals surface area contributed by atoms with Gasteiger partial charge in [0.25, 0.3) is 5.91 Å². The van der Waals surface area contributed by atoms with Crippen LogP contribution in [0.15, 0.2) is 18.5 Å². The molecule has 98 valence electrons. The lowest BCUT2D eigenvalue weighted by Gasteiger charge is -2.14. The largest absolute Gasteiger partial charge is 0.384 e. The van der Waals surface area contributed by atoms with Crippen LogP contribution in [0.2, 0.25) is 0 Å². The summed E-state index contributed by atoms with van der Waals surface area (Å²) in [6, 6.07) is 2.20. The third-order valence-corrected chi connectivity index (χ3v) is 3.32. The van der Waals surface area contributed by atoms with Crippen LogP contribution < -0.4 is 10.6 Å². The van der Waals surface area contributed by atoms with Gasteiger partial charge >= 0.3 is 0 Å². The molecule has 1 aromatic heterocycles. The topological polar surface area (TPSA) is 54.0 Å². The van der Waals surface area contributed by atoms with Gasteiger partial charge < -0.3 is 10.6 Å². The number of carbonyl (C=O) groups is 1. The van der Waals surface area contributed by atoms with Gasteiger partial charge in [-0.3, -0.25) is 9.78 Å². The maximum absolute atomic E-state index is 12.2. The van der Waals surface area contributed by atoms with Gasteiger partial charge in [-0.1, -0.05) is 19.8 Å². The predicted molar refractivity (Wildman–Crippen MR) is 72.7 cm³/mol. The van der Waals surface area contributed by atoms with Gasteiger partial charge in [0.05, 0.1) is 11.3 Å². The Balaban J connectivity index is 2.03. The van der Waals surface area contributed by atoms with Gasteiger partial charge in [-0.25, -0.2) is 0 Å². The maximum Gasteiger partial charge on any atom is 0.255 e. The summed E-state index contributed by atoms with van der Waals surface area (Å²) in [6.45, 7) is 2.97. The van der Waals surface area contributed by atoms with E-state index in [2.05, 4.69) is 22.5 Å². The lowest BCUT2D eigenvalue weighted by Crippen LogP contribution is -2.33. The van der Waals surface area contributed by atoms with Crippen molar-refractivity contribution in [3.05, 3.63) is 24.0 Å². The molecule has 1 aromatic rings.